The van der Waals surface area contributed by atoms with Crippen LogP contribution in [0, 0.1) is 0 Å². The van der Waals surface area contributed by atoms with Crippen molar-refractivity contribution >= 4 is 38.2 Å². The predicted octanol–water partition coefficient (Wildman–Crippen LogP) is 9.95. The molecule has 1 aliphatic heterocycles. The zero-order valence-corrected chi connectivity index (χ0v) is 25.9. The van der Waals surface area contributed by atoms with Gasteiger partial charge in [0, 0.05) is 44.3 Å². The van der Waals surface area contributed by atoms with Crippen molar-refractivity contribution in [1.29, 1.82) is 0 Å². The molecule has 226 valence electrons. The van der Waals surface area contributed by atoms with Crippen LogP contribution in [-0.4, -0.2) is 25.6 Å². The van der Waals surface area contributed by atoms with E-state index in [2.05, 4.69) is 120 Å². The third-order valence-electron chi connectivity index (χ3n) is 9.65. The lowest BCUT2D eigenvalue weighted by Crippen LogP contribution is -2.23. The van der Waals surface area contributed by atoms with Crippen LogP contribution in [0.25, 0.3) is 66.6 Å². The Morgan fingerprint density at radius 1 is 0.521 bits per heavy atom. The van der Waals surface area contributed by atoms with Crippen molar-refractivity contribution in [2.45, 2.75) is 12.0 Å². The Morgan fingerprint density at radius 2 is 1.17 bits per heavy atom. The van der Waals surface area contributed by atoms with E-state index in [0.717, 1.165) is 38.9 Å². The number of benzene rings is 6. The van der Waals surface area contributed by atoms with Crippen LogP contribution in [0.15, 0.2) is 158 Å². The van der Waals surface area contributed by atoms with Crippen molar-refractivity contribution in [2.24, 2.45) is 0 Å². The van der Waals surface area contributed by atoms with Crippen molar-refractivity contribution in [2.75, 3.05) is 0 Å². The number of fused-ring (bicyclic) bond motifs is 7. The van der Waals surface area contributed by atoms with E-state index < -0.39 is 0 Å². The third kappa shape index (κ3) is 4.07. The van der Waals surface area contributed by atoms with E-state index in [1.807, 2.05) is 42.5 Å². The zero-order chi connectivity index (χ0) is 31.6. The van der Waals surface area contributed by atoms with Gasteiger partial charge in [-0.05, 0) is 29.7 Å². The molecule has 0 saturated heterocycles. The Labute approximate surface area is 277 Å². The molecule has 10 rings (SSSR count). The van der Waals surface area contributed by atoms with Gasteiger partial charge in [0.05, 0.1) is 16.7 Å². The Balaban J connectivity index is 1.18. The van der Waals surface area contributed by atoms with Gasteiger partial charge in [0.2, 0.25) is 0 Å². The minimum absolute atomic E-state index is 0.105. The van der Waals surface area contributed by atoms with E-state index >= 15 is 0 Å². The molecular formula is C43H28N4O. The molecule has 5 nitrogen and oxygen atoms in total. The smallest absolute Gasteiger partial charge is 0.164 e. The van der Waals surface area contributed by atoms with Crippen LogP contribution in [0.5, 0.6) is 5.75 Å². The van der Waals surface area contributed by atoms with Gasteiger partial charge in [-0.2, -0.15) is 0 Å². The number of aromatic nitrogens is 4. The van der Waals surface area contributed by atoms with Gasteiger partial charge in [-0.15, -0.1) is 0 Å². The molecule has 1 aliphatic carbocycles. The van der Waals surface area contributed by atoms with E-state index in [9.17, 15) is 0 Å². The molecule has 2 aromatic heterocycles. The van der Waals surface area contributed by atoms with Crippen LogP contribution in [-0.2, 0) is 0 Å². The van der Waals surface area contributed by atoms with Crippen molar-refractivity contribution in [3.63, 3.8) is 0 Å². The molecule has 2 atom stereocenters. The first-order valence-corrected chi connectivity index (χ1v) is 16.3. The zero-order valence-electron chi connectivity index (χ0n) is 25.9. The topological polar surface area (TPSA) is 52.8 Å². The fraction of sp³-hybridized carbons (Fsp3) is 0.0465. The van der Waals surface area contributed by atoms with E-state index in [1.54, 1.807) is 0 Å². The molecule has 0 saturated carbocycles. The first kappa shape index (κ1) is 26.8. The monoisotopic (exact) mass is 616 g/mol. The number of rotatable bonds is 4. The van der Waals surface area contributed by atoms with Gasteiger partial charge in [0.1, 0.15) is 11.9 Å². The number of para-hydroxylation sites is 3. The highest BCUT2D eigenvalue weighted by atomic mass is 16.5. The second-order valence-corrected chi connectivity index (χ2v) is 12.3. The summed E-state index contributed by atoms with van der Waals surface area (Å²) in [5.74, 6) is 2.91. The largest absolute Gasteiger partial charge is 0.484 e. The molecule has 0 amide bonds. The molecule has 0 fully saturated rings. The Morgan fingerprint density at radius 3 is 2.00 bits per heavy atom. The van der Waals surface area contributed by atoms with Gasteiger partial charge in [0.25, 0.3) is 0 Å². The minimum atomic E-state index is -0.208. The second-order valence-electron chi connectivity index (χ2n) is 12.3. The Hall–Kier alpha value is -6.33. The molecule has 0 radical (unpaired) electrons. The molecule has 48 heavy (non-hydrogen) atoms. The van der Waals surface area contributed by atoms with E-state index in [0.29, 0.717) is 17.5 Å². The van der Waals surface area contributed by atoms with Crippen LogP contribution >= 0.6 is 0 Å². The van der Waals surface area contributed by atoms with E-state index in [1.165, 1.54) is 27.4 Å². The SMILES string of the molecule is C1=CC2c3ccccc3OC2C(c2nc(-c3ccccc3)nc(-c3cccc4c(-n5c6ccccc6c6ccccc65)cccc34)n2)=C1. The summed E-state index contributed by atoms with van der Waals surface area (Å²) >= 11 is 0. The van der Waals surface area contributed by atoms with Crippen molar-refractivity contribution in [3.05, 3.63) is 169 Å². The molecule has 0 N–H and O–H groups in total. The molecule has 5 heteroatoms. The van der Waals surface area contributed by atoms with Crippen LogP contribution in [0.2, 0.25) is 0 Å². The number of hydrogen-bond donors (Lipinski definition) is 0. The maximum atomic E-state index is 6.54. The molecule has 0 bridgehead atoms. The molecule has 8 aromatic rings. The lowest BCUT2D eigenvalue weighted by Gasteiger charge is -2.22. The quantitative estimate of drug-likeness (QED) is 0.198. The highest BCUT2D eigenvalue weighted by molar-refractivity contribution is 6.11. The average Bonchev–Trinajstić information content (AvgIpc) is 3.70. The molecule has 0 spiro atoms. The van der Waals surface area contributed by atoms with Crippen molar-refractivity contribution < 1.29 is 4.74 Å². The highest BCUT2D eigenvalue weighted by Crippen LogP contribution is 2.46. The first-order chi connectivity index (χ1) is 23.8. The van der Waals surface area contributed by atoms with Crippen molar-refractivity contribution in [3.8, 4) is 34.2 Å². The molecule has 2 unspecified atom stereocenters. The molecule has 3 heterocycles. The third-order valence-corrected chi connectivity index (χ3v) is 9.65. The van der Waals surface area contributed by atoms with Gasteiger partial charge in [-0.1, -0.05) is 133 Å². The number of ether oxygens (including phenoxy) is 1. The summed E-state index contributed by atoms with van der Waals surface area (Å²) in [4.78, 5) is 15.4. The Kier molecular flexibility index (Phi) is 5.93. The van der Waals surface area contributed by atoms with Crippen molar-refractivity contribution in [1.82, 2.24) is 19.5 Å². The maximum Gasteiger partial charge on any atom is 0.164 e. The van der Waals surface area contributed by atoms with Crippen LogP contribution < -0.4 is 4.74 Å². The maximum absolute atomic E-state index is 6.54. The molecule has 6 aromatic carbocycles. The fourth-order valence-electron chi connectivity index (χ4n) is 7.48. The van der Waals surface area contributed by atoms with E-state index in [-0.39, 0.29) is 12.0 Å². The summed E-state index contributed by atoms with van der Waals surface area (Å²) in [6, 6.07) is 48.6. The summed E-state index contributed by atoms with van der Waals surface area (Å²) in [5.41, 5.74) is 7.50. The molecule has 2 aliphatic rings. The normalized spacial score (nSPS) is 16.5. The lowest BCUT2D eigenvalue weighted by molar-refractivity contribution is 0.277. The highest BCUT2D eigenvalue weighted by Gasteiger charge is 2.38. The summed E-state index contributed by atoms with van der Waals surface area (Å²) in [5, 5.41) is 4.67. The minimum Gasteiger partial charge on any atom is -0.484 e. The van der Waals surface area contributed by atoms with Crippen LogP contribution in [0.1, 0.15) is 17.3 Å². The predicted molar refractivity (Wildman–Crippen MR) is 193 cm³/mol. The lowest BCUT2D eigenvalue weighted by atomic mass is 9.87. The number of hydrogen-bond acceptors (Lipinski definition) is 4. The van der Waals surface area contributed by atoms with Crippen LogP contribution in [0.3, 0.4) is 0 Å². The number of allylic oxidation sites excluding steroid dienone is 2. The standard InChI is InChI=1S/C43H28N4O/c1-2-13-27(14-3-1)41-44-42(46-43(45-41)35-22-11-20-33-32-17-6-9-26-39(32)48-40(33)35)34-21-10-19-29-28(34)18-12-25-38(29)47-36-23-7-4-15-30(36)31-16-5-8-24-37(31)47/h1-26,33,40H. The van der Waals surface area contributed by atoms with Gasteiger partial charge < -0.3 is 9.30 Å². The van der Waals surface area contributed by atoms with E-state index in [4.69, 9.17) is 19.7 Å². The Bertz CT molecular complexity index is 2560. The van der Waals surface area contributed by atoms with Gasteiger partial charge >= 0.3 is 0 Å². The summed E-state index contributed by atoms with van der Waals surface area (Å²) in [6.45, 7) is 0. The second kappa shape index (κ2) is 10.6. The van der Waals surface area contributed by atoms with Gasteiger partial charge in [-0.3, -0.25) is 0 Å². The summed E-state index contributed by atoms with van der Waals surface area (Å²) in [7, 11) is 0. The molecular weight excluding hydrogens is 589 g/mol. The summed E-state index contributed by atoms with van der Waals surface area (Å²) in [6.07, 6.45) is 6.19. The van der Waals surface area contributed by atoms with Gasteiger partial charge in [0.15, 0.2) is 17.5 Å². The van der Waals surface area contributed by atoms with Gasteiger partial charge in [-0.25, -0.2) is 15.0 Å². The number of nitrogens with zero attached hydrogens (tertiary/aromatic N) is 4. The first-order valence-electron chi connectivity index (χ1n) is 16.3. The fourth-order valence-corrected chi connectivity index (χ4v) is 7.48. The van der Waals surface area contributed by atoms with Crippen LogP contribution in [0.4, 0.5) is 0 Å². The summed E-state index contributed by atoms with van der Waals surface area (Å²) < 4.78 is 8.92. The average molecular weight is 617 g/mol.